The van der Waals surface area contributed by atoms with Gasteiger partial charge in [-0.2, -0.15) is 0 Å². The second-order valence-corrected chi connectivity index (χ2v) is 4.19. The molecule has 2 rings (SSSR count). The normalized spacial score (nSPS) is 10.8. The van der Waals surface area contributed by atoms with E-state index in [1.54, 1.807) is 13.0 Å². The van der Waals surface area contributed by atoms with Crippen molar-refractivity contribution < 1.29 is 9.53 Å². The molecule has 0 radical (unpaired) electrons. The number of halogens is 1. The molecule has 0 saturated carbocycles. The third-order valence-electron chi connectivity index (χ3n) is 2.59. The van der Waals surface area contributed by atoms with Crippen molar-refractivity contribution in [3.8, 4) is 0 Å². The van der Waals surface area contributed by atoms with E-state index in [2.05, 4.69) is 4.98 Å². The van der Waals surface area contributed by atoms with Crippen LogP contribution in [0.3, 0.4) is 0 Å². The van der Waals surface area contributed by atoms with Crippen molar-refractivity contribution >= 4 is 34.3 Å². The molecule has 0 saturated heterocycles. The van der Waals surface area contributed by atoms with Crippen molar-refractivity contribution in [1.82, 2.24) is 4.98 Å². The summed E-state index contributed by atoms with van der Waals surface area (Å²) in [6.07, 6.45) is 0. The van der Waals surface area contributed by atoms with Crippen LogP contribution in [0.25, 0.3) is 10.9 Å². The number of ether oxygens (including phenoxy) is 1. The van der Waals surface area contributed by atoms with E-state index in [1.165, 1.54) is 0 Å². The van der Waals surface area contributed by atoms with E-state index in [0.717, 1.165) is 16.5 Å². The molecule has 5 heteroatoms. The summed E-state index contributed by atoms with van der Waals surface area (Å²) in [5.41, 5.74) is 7.79. The number of carbonyl (C=O) groups excluding carboxylic acids is 1. The van der Waals surface area contributed by atoms with Gasteiger partial charge in [0.05, 0.1) is 6.61 Å². The van der Waals surface area contributed by atoms with Crippen LogP contribution in [0.2, 0.25) is 5.02 Å². The highest BCUT2D eigenvalue weighted by atomic mass is 35.5. The van der Waals surface area contributed by atoms with Crippen LogP contribution < -0.4 is 5.73 Å². The maximum absolute atomic E-state index is 11.8. The minimum absolute atomic E-state index is 0.306. The molecule has 1 heterocycles. The molecule has 0 unspecified atom stereocenters. The summed E-state index contributed by atoms with van der Waals surface area (Å²) < 4.78 is 4.97. The average molecular weight is 253 g/mol. The molecular formula is C12H13ClN2O2. The van der Waals surface area contributed by atoms with Crippen molar-refractivity contribution in [3.05, 3.63) is 28.3 Å². The number of carbonyl (C=O) groups is 1. The second kappa shape index (κ2) is 4.30. The Kier molecular flexibility index (Phi) is 2.98. The van der Waals surface area contributed by atoms with Gasteiger partial charge in [0.15, 0.2) is 0 Å². The van der Waals surface area contributed by atoms with Crippen LogP contribution in [0, 0.1) is 6.92 Å². The highest BCUT2D eigenvalue weighted by Gasteiger charge is 2.18. The smallest absolute Gasteiger partial charge is 0.342 e. The van der Waals surface area contributed by atoms with Gasteiger partial charge in [0, 0.05) is 15.9 Å². The SMILES string of the molecule is CCOC(=O)c1c(N)[nH]c2cc(Cl)c(C)cc12. The third kappa shape index (κ3) is 1.96. The molecule has 0 aliphatic rings. The van der Waals surface area contributed by atoms with Gasteiger partial charge in [0.25, 0.3) is 0 Å². The van der Waals surface area contributed by atoms with E-state index >= 15 is 0 Å². The van der Waals surface area contributed by atoms with Crippen molar-refractivity contribution in [3.63, 3.8) is 0 Å². The molecule has 17 heavy (non-hydrogen) atoms. The van der Waals surface area contributed by atoms with Gasteiger partial charge < -0.3 is 15.5 Å². The van der Waals surface area contributed by atoms with Crippen LogP contribution in [-0.2, 0) is 4.74 Å². The fourth-order valence-corrected chi connectivity index (χ4v) is 1.93. The number of H-pyrrole nitrogens is 1. The Hall–Kier alpha value is -1.68. The van der Waals surface area contributed by atoms with E-state index < -0.39 is 5.97 Å². The Morgan fingerprint density at radius 3 is 2.88 bits per heavy atom. The first kappa shape index (κ1) is 11.8. The topological polar surface area (TPSA) is 68.1 Å². The van der Waals surface area contributed by atoms with Gasteiger partial charge in [-0.1, -0.05) is 11.6 Å². The van der Waals surface area contributed by atoms with Gasteiger partial charge in [0.1, 0.15) is 11.4 Å². The largest absolute Gasteiger partial charge is 0.462 e. The van der Waals surface area contributed by atoms with E-state index in [-0.39, 0.29) is 0 Å². The summed E-state index contributed by atoms with van der Waals surface area (Å²) in [5, 5.41) is 1.37. The number of rotatable bonds is 2. The van der Waals surface area contributed by atoms with Gasteiger partial charge >= 0.3 is 5.97 Å². The predicted molar refractivity (Wildman–Crippen MR) is 68.4 cm³/mol. The standard InChI is InChI=1S/C12H13ClN2O2/c1-3-17-12(16)10-7-4-6(2)8(13)5-9(7)15-11(10)14/h4-5,15H,3,14H2,1-2H3. The summed E-state index contributed by atoms with van der Waals surface area (Å²) >= 11 is 6.01. The average Bonchev–Trinajstić information content (AvgIpc) is 2.55. The number of benzene rings is 1. The first-order valence-electron chi connectivity index (χ1n) is 5.29. The molecule has 4 nitrogen and oxygen atoms in total. The number of hydrogen-bond donors (Lipinski definition) is 2. The van der Waals surface area contributed by atoms with Crippen LogP contribution >= 0.6 is 11.6 Å². The van der Waals surface area contributed by atoms with Crippen LogP contribution in [0.15, 0.2) is 12.1 Å². The first-order chi connectivity index (χ1) is 8.04. The molecule has 1 aromatic carbocycles. The summed E-state index contributed by atoms with van der Waals surface area (Å²) in [5.74, 6) is -0.113. The van der Waals surface area contributed by atoms with Crippen molar-refractivity contribution in [2.45, 2.75) is 13.8 Å². The zero-order valence-electron chi connectivity index (χ0n) is 9.63. The maximum Gasteiger partial charge on any atom is 0.342 e. The van der Waals surface area contributed by atoms with Crippen molar-refractivity contribution in [2.24, 2.45) is 0 Å². The monoisotopic (exact) mass is 252 g/mol. The summed E-state index contributed by atoms with van der Waals surface area (Å²) in [6, 6.07) is 3.59. The molecule has 90 valence electrons. The molecule has 0 spiro atoms. The Balaban J connectivity index is 2.66. The molecule has 0 fully saturated rings. The number of anilines is 1. The minimum atomic E-state index is -0.419. The highest BCUT2D eigenvalue weighted by molar-refractivity contribution is 6.32. The maximum atomic E-state index is 11.8. The van der Waals surface area contributed by atoms with Gasteiger partial charge in [-0.25, -0.2) is 4.79 Å². The molecule has 0 aliphatic carbocycles. The number of nitrogen functional groups attached to an aromatic ring is 1. The molecular weight excluding hydrogens is 240 g/mol. The number of nitrogens with one attached hydrogen (secondary N) is 1. The third-order valence-corrected chi connectivity index (χ3v) is 2.99. The van der Waals surface area contributed by atoms with E-state index in [0.29, 0.717) is 23.0 Å². The van der Waals surface area contributed by atoms with Crippen LogP contribution in [-0.4, -0.2) is 17.6 Å². The lowest BCUT2D eigenvalue weighted by Crippen LogP contribution is -2.06. The van der Waals surface area contributed by atoms with E-state index in [1.807, 2.05) is 13.0 Å². The lowest BCUT2D eigenvalue weighted by Gasteiger charge is -2.02. The number of hydrogen-bond acceptors (Lipinski definition) is 3. The second-order valence-electron chi connectivity index (χ2n) is 3.78. The fraction of sp³-hybridized carbons (Fsp3) is 0.250. The molecule has 2 aromatic rings. The zero-order valence-corrected chi connectivity index (χ0v) is 10.4. The van der Waals surface area contributed by atoms with Crippen molar-refractivity contribution in [1.29, 1.82) is 0 Å². The lowest BCUT2D eigenvalue weighted by atomic mass is 10.1. The van der Waals surface area contributed by atoms with Gasteiger partial charge in [-0.15, -0.1) is 0 Å². The molecule has 0 bridgehead atoms. The fourth-order valence-electron chi connectivity index (χ4n) is 1.77. The zero-order chi connectivity index (χ0) is 12.6. The molecule has 0 atom stereocenters. The Labute approximate surface area is 104 Å². The molecule has 1 aromatic heterocycles. The van der Waals surface area contributed by atoms with Crippen LogP contribution in [0.4, 0.5) is 5.82 Å². The van der Waals surface area contributed by atoms with Crippen LogP contribution in [0.1, 0.15) is 22.8 Å². The summed E-state index contributed by atoms with van der Waals surface area (Å²) in [6.45, 7) is 3.95. The van der Waals surface area contributed by atoms with Crippen molar-refractivity contribution in [2.75, 3.05) is 12.3 Å². The van der Waals surface area contributed by atoms with Crippen LogP contribution in [0.5, 0.6) is 0 Å². The van der Waals surface area contributed by atoms with Gasteiger partial charge in [0.2, 0.25) is 0 Å². The lowest BCUT2D eigenvalue weighted by molar-refractivity contribution is 0.0530. The Morgan fingerprint density at radius 2 is 2.24 bits per heavy atom. The van der Waals surface area contributed by atoms with Gasteiger partial charge in [-0.05, 0) is 31.5 Å². The molecule has 3 N–H and O–H groups in total. The number of fused-ring (bicyclic) bond motifs is 1. The Bertz CT molecular complexity index is 590. The quantitative estimate of drug-likeness (QED) is 0.808. The van der Waals surface area contributed by atoms with Gasteiger partial charge in [-0.3, -0.25) is 0 Å². The first-order valence-corrected chi connectivity index (χ1v) is 5.66. The van der Waals surface area contributed by atoms with E-state index in [4.69, 9.17) is 22.1 Å². The number of esters is 1. The Morgan fingerprint density at radius 1 is 1.53 bits per heavy atom. The number of nitrogens with two attached hydrogens (primary N) is 1. The summed E-state index contributed by atoms with van der Waals surface area (Å²) in [7, 11) is 0. The molecule has 0 amide bonds. The predicted octanol–water partition coefficient (Wildman–Crippen LogP) is 2.89. The number of aromatic amines is 1. The van der Waals surface area contributed by atoms with E-state index in [9.17, 15) is 4.79 Å². The minimum Gasteiger partial charge on any atom is -0.462 e. The summed E-state index contributed by atoms with van der Waals surface area (Å²) in [4.78, 5) is 14.7. The highest BCUT2D eigenvalue weighted by Crippen LogP contribution is 2.29. The number of aromatic nitrogens is 1. The number of aryl methyl sites for hydroxylation is 1. The molecule has 0 aliphatic heterocycles.